The molecule has 5 rings (SSSR count). The van der Waals surface area contributed by atoms with Crippen LogP contribution in [0.25, 0.3) is 22.6 Å². The number of nitrogens with zero attached hydrogens (tertiary/aromatic N) is 4. The number of ether oxygens (including phenoxy) is 1. The zero-order chi connectivity index (χ0) is 23.5. The molecule has 2 atom stereocenters. The third-order valence-electron chi connectivity index (χ3n) is 5.99. The summed E-state index contributed by atoms with van der Waals surface area (Å²) in [6, 6.07) is 18.5. The second kappa shape index (κ2) is 9.44. The Balaban J connectivity index is 1.35. The maximum atomic E-state index is 12.5. The molecule has 2 aromatic carbocycles. The first kappa shape index (κ1) is 21.8. The fraction of sp³-hybridized carbons (Fsp3) is 0.231. The maximum Gasteiger partial charge on any atom is 0.267 e. The van der Waals surface area contributed by atoms with Crippen LogP contribution in [0.1, 0.15) is 24.8 Å². The summed E-state index contributed by atoms with van der Waals surface area (Å²) in [6.45, 7) is 0.323. The van der Waals surface area contributed by atoms with Crippen molar-refractivity contribution in [3.8, 4) is 28.4 Å². The van der Waals surface area contributed by atoms with Crippen LogP contribution in [0.2, 0.25) is 0 Å². The fourth-order valence-electron chi connectivity index (χ4n) is 4.20. The first-order valence-corrected chi connectivity index (χ1v) is 11.3. The second-order valence-corrected chi connectivity index (χ2v) is 8.53. The van der Waals surface area contributed by atoms with Crippen LogP contribution in [0.3, 0.4) is 0 Å². The van der Waals surface area contributed by atoms with Crippen molar-refractivity contribution in [2.75, 3.05) is 5.73 Å². The smallest absolute Gasteiger partial charge is 0.267 e. The Kier molecular flexibility index (Phi) is 6.05. The topological polar surface area (TPSA) is 122 Å². The van der Waals surface area contributed by atoms with Gasteiger partial charge in [0.05, 0.1) is 24.6 Å². The predicted molar refractivity (Wildman–Crippen MR) is 131 cm³/mol. The Hall–Kier alpha value is -4.04. The molecule has 2 aromatic heterocycles. The third kappa shape index (κ3) is 4.82. The molecule has 4 aromatic rings. The Labute approximate surface area is 197 Å². The van der Waals surface area contributed by atoms with Gasteiger partial charge in [-0.1, -0.05) is 30.3 Å². The lowest BCUT2D eigenvalue weighted by Gasteiger charge is -2.17. The van der Waals surface area contributed by atoms with E-state index in [4.69, 9.17) is 16.2 Å². The minimum atomic E-state index is -0.180. The van der Waals surface area contributed by atoms with E-state index in [1.165, 1.54) is 10.7 Å². The highest BCUT2D eigenvalue weighted by Gasteiger charge is 2.25. The molecule has 1 aliphatic carbocycles. The predicted octanol–water partition coefficient (Wildman–Crippen LogP) is 3.26. The molecule has 0 spiro atoms. The standard InChI is InChI=1S/C26H26N6O2/c27-20-7-2-5-18(13-20)23-10-11-25(33)32(31-23)16-17-4-1-6-19(12-17)26-29-14-21(15-30-26)34-24-9-3-8-22(24)28/h1-2,4-7,10-15,22,24H,3,8-9,16,27-28H2/t22-,24+/m1/s1. The van der Waals surface area contributed by atoms with Crippen LogP contribution in [0, 0.1) is 0 Å². The average Bonchev–Trinajstić information content (AvgIpc) is 3.25. The van der Waals surface area contributed by atoms with Gasteiger partial charge in [-0.05, 0) is 49.1 Å². The van der Waals surface area contributed by atoms with Crippen molar-refractivity contribution < 1.29 is 4.74 Å². The van der Waals surface area contributed by atoms with Gasteiger partial charge in [0.1, 0.15) is 6.10 Å². The summed E-state index contributed by atoms with van der Waals surface area (Å²) in [5.41, 5.74) is 15.8. The molecule has 172 valence electrons. The van der Waals surface area contributed by atoms with E-state index in [0.29, 0.717) is 29.5 Å². The summed E-state index contributed by atoms with van der Waals surface area (Å²) in [5.74, 6) is 1.20. The third-order valence-corrected chi connectivity index (χ3v) is 5.99. The largest absolute Gasteiger partial charge is 0.486 e. The van der Waals surface area contributed by atoms with Gasteiger partial charge < -0.3 is 16.2 Å². The van der Waals surface area contributed by atoms with Crippen molar-refractivity contribution >= 4 is 5.69 Å². The van der Waals surface area contributed by atoms with Crippen LogP contribution in [-0.4, -0.2) is 31.9 Å². The van der Waals surface area contributed by atoms with Crippen LogP contribution in [-0.2, 0) is 6.54 Å². The molecule has 8 nitrogen and oxygen atoms in total. The molecule has 0 unspecified atom stereocenters. The first-order chi connectivity index (χ1) is 16.5. The first-order valence-electron chi connectivity index (χ1n) is 11.3. The van der Waals surface area contributed by atoms with Gasteiger partial charge in [0.15, 0.2) is 11.6 Å². The summed E-state index contributed by atoms with van der Waals surface area (Å²) in [7, 11) is 0. The van der Waals surface area contributed by atoms with Crippen molar-refractivity contribution in [1.82, 2.24) is 19.7 Å². The Bertz CT molecular complexity index is 1350. The lowest BCUT2D eigenvalue weighted by atomic mass is 10.1. The molecule has 0 bridgehead atoms. The molecule has 1 fully saturated rings. The van der Waals surface area contributed by atoms with E-state index in [0.717, 1.165) is 36.0 Å². The van der Waals surface area contributed by atoms with Crippen molar-refractivity contribution in [3.63, 3.8) is 0 Å². The van der Waals surface area contributed by atoms with Gasteiger partial charge >= 0.3 is 0 Å². The number of aromatic nitrogens is 4. The number of anilines is 1. The normalized spacial score (nSPS) is 17.6. The molecular formula is C26H26N6O2. The number of hydrogen-bond acceptors (Lipinski definition) is 7. The summed E-state index contributed by atoms with van der Waals surface area (Å²) in [5, 5.41) is 4.54. The van der Waals surface area contributed by atoms with Crippen LogP contribution in [0.5, 0.6) is 5.75 Å². The van der Waals surface area contributed by atoms with Gasteiger partial charge in [0, 0.05) is 28.9 Å². The fourth-order valence-corrected chi connectivity index (χ4v) is 4.20. The quantitative estimate of drug-likeness (QED) is 0.429. The molecule has 1 aliphatic rings. The van der Waals surface area contributed by atoms with Crippen molar-refractivity contribution in [3.05, 3.63) is 89.0 Å². The highest BCUT2D eigenvalue weighted by atomic mass is 16.5. The van der Waals surface area contributed by atoms with E-state index < -0.39 is 0 Å². The van der Waals surface area contributed by atoms with E-state index in [1.807, 2.05) is 48.5 Å². The van der Waals surface area contributed by atoms with Crippen LogP contribution < -0.4 is 21.8 Å². The average molecular weight is 455 g/mol. The van der Waals surface area contributed by atoms with Crippen LogP contribution >= 0.6 is 0 Å². The second-order valence-electron chi connectivity index (χ2n) is 8.53. The number of hydrogen-bond donors (Lipinski definition) is 2. The zero-order valence-corrected chi connectivity index (χ0v) is 18.7. The molecule has 8 heteroatoms. The maximum absolute atomic E-state index is 12.5. The number of nitrogens with two attached hydrogens (primary N) is 2. The van der Waals surface area contributed by atoms with E-state index >= 15 is 0 Å². The zero-order valence-electron chi connectivity index (χ0n) is 18.7. The lowest BCUT2D eigenvalue weighted by Crippen LogP contribution is -2.33. The minimum absolute atomic E-state index is 0.0201. The number of rotatable bonds is 6. The van der Waals surface area contributed by atoms with Crippen molar-refractivity contribution in [2.24, 2.45) is 5.73 Å². The van der Waals surface area contributed by atoms with Crippen LogP contribution in [0.4, 0.5) is 5.69 Å². The molecule has 0 aliphatic heterocycles. The van der Waals surface area contributed by atoms with Crippen molar-refractivity contribution in [2.45, 2.75) is 38.0 Å². The van der Waals surface area contributed by atoms with Gasteiger partial charge in [-0.2, -0.15) is 5.10 Å². The monoisotopic (exact) mass is 454 g/mol. The van der Waals surface area contributed by atoms with Gasteiger partial charge in [-0.25, -0.2) is 14.6 Å². The molecule has 1 saturated carbocycles. The molecule has 2 heterocycles. The lowest BCUT2D eigenvalue weighted by molar-refractivity contribution is 0.190. The van der Waals surface area contributed by atoms with Gasteiger partial charge in [0.2, 0.25) is 0 Å². The van der Waals surface area contributed by atoms with Gasteiger partial charge in [-0.15, -0.1) is 0 Å². The molecular weight excluding hydrogens is 428 g/mol. The summed E-state index contributed by atoms with van der Waals surface area (Å²) in [6.07, 6.45) is 6.40. The van der Waals surface area contributed by atoms with Gasteiger partial charge in [-0.3, -0.25) is 4.79 Å². The molecule has 34 heavy (non-hydrogen) atoms. The Morgan fingerprint density at radius 1 is 0.971 bits per heavy atom. The number of nitrogen functional groups attached to an aromatic ring is 1. The summed E-state index contributed by atoms with van der Waals surface area (Å²) in [4.78, 5) is 21.4. The van der Waals surface area contributed by atoms with Crippen molar-refractivity contribution in [1.29, 1.82) is 0 Å². The highest BCUT2D eigenvalue weighted by Crippen LogP contribution is 2.24. The molecule has 0 saturated heterocycles. The highest BCUT2D eigenvalue weighted by molar-refractivity contribution is 5.63. The Morgan fingerprint density at radius 3 is 2.53 bits per heavy atom. The van der Waals surface area contributed by atoms with Crippen LogP contribution in [0.15, 0.2) is 77.9 Å². The van der Waals surface area contributed by atoms with E-state index in [-0.39, 0.29) is 17.7 Å². The SMILES string of the molecule is Nc1cccc(-c2ccc(=O)n(Cc3cccc(-c4ncc(O[C@H]5CCC[C@H]5N)cn4)c3)n2)c1. The molecule has 0 amide bonds. The minimum Gasteiger partial charge on any atom is -0.486 e. The Morgan fingerprint density at radius 2 is 1.76 bits per heavy atom. The van der Waals surface area contributed by atoms with E-state index in [1.54, 1.807) is 18.5 Å². The number of benzene rings is 2. The van der Waals surface area contributed by atoms with E-state index in [2.05, 4.69) is 15.1 Å². The van der Waals surface area contributed by atoms with E-state index in [9.17, 15) is 4.79 Å². The molecule has 4 N–H and O–H groups in total. The molecule has 0 radical (unpaired) electrons. The van der Waals surface area contributed by atoms with Gasteiger partial charge in [0.25, 0.3) is 5.56 Å². The summed E-state index contributed by atoms with van der Waals surface area (Å²) < 4.78 is 7.39. The summed E-state index contributed by atoms with van der Waals surface area (Å²) >= 11 is 0.